The standard InChI is InChI=1S/C27H35Cl2N3O6S/c1-5-23(27(34)30-18-9-6-7-10-18)31(16-20-21(28)11-8-12-22(20)29)26(33)17-32(39(4,35)36)24-15-19(37-2)13-14-25(24)38-3/h8,11-15,18,23H,5-7,9-10,16-17H2,1-4H3,(H,30,34)/t23-/m0/s1. The summed E-state index contributed by atoms with van der Waals surface area (Å²) in [5.41, 5.74) is 0.595. The van der Waals surface area contributed by atoms with Crippen molar-refractivity contribution in [2.45, 2.75) is 57.7 Å². The number of halogens is 2. The minimum atomic E-state index is -3.97. The van der Waals surface area contributed by atoms with Gasteiger partial charge in [-0.1, -0.05) is 49.0 Å². The minimum Gasteiger partial charge on any atom is -0.497 e. The normalized spacial score (nSPS) is 14.5. The summed E-state index contributed by atoms with van der Waals surface area (Å²) in [5.74, 6) is -0.282. The van der Waals surface area contributed by atoms with Crippen LogP contribution in [0.1, 0.15) is 44.6 Å². The highest BCUT2D eigenvalue weighted by atomic mass is 35.5. The second-order valence-corrected chi connectivity index (χ2v) is 12.2. The maximum absolute atomic E-state index is 14.0. The number of anilines is 1. The van der Waals surface area contributed by atoms with Crippen molar-refractivity contribution in [2.75, 3.05) is 31.3 Å². The third kappa shape index (κ3) is 7.70. The summed E-state index contributed by atoms with van der Waals surface area (Å²) in [6.07, 6.45) is 5.12. The SMILES string of the molecule is CC[C@@H](C(=O)NC1CCCC1)N(Cc1c(Cl)cccc1Cl)C(=O)CN(c1cc(OC)ccc1OC)S(C)(=O)=O. The molecule has 214 valence electrons. The molecule has 1 saturated carbocycles. The van der Waals surface area contributed by atoms with E-state index in [0.29, 0.717) is 27.8 Å². The Balaban J connectivity index is 2.03. The number of nitrogens with one attached hydrogen (secondary N) is 1. The number of benzene rings is 2. The van der Waals surface area contributed by atoms with Gasteiger partial charge in [0.2, 0.25) is 21.8 Å². The lowest BCUT2D eigenvalue weighted by Gasteiger charge is -2.34. The van der Waals surface area contributed by atoms with E-state index in [0.717, 1.165) is 36.2 Å². The van der Waals surface area contributed by atoms with E-state index >= 15 is 0 Å². The van der Waals surface area contributed by atoms with Crippen molar-refractivity contribution in [1.82, 2.24) is 10.2 Å². The Morgan fingerprint density at radius 2 is 1.72 bits per heavy atom. The number of sulfonamides is 1. The molecule has 1 atom stereocenters. The molecule has 0 aliphatic heterocycles. The van der Waals surface area contributed by atoms with E-state index in [9.17, 15) is 18.0 Å². The molecule has 0 spiro atoms. The van der Waals surface area contributed by atoms with Gasteiger partial charge in [-0.2, -0.15) is 0 Å². The number of hydrogen-bond donors (Lipinski definition) is 1. The molecule has 0 unspecified atom stereocenters. The topological polar surface area (TPSA) is 105 Å². The third-order valence-electron chi connectivity index (χ3n) is 6.81. The van der Waals surface area contributed by atoms with Gasteiger partial charge in [-0.15, -0.1) is 0 Å². The van der Waals surface area contributed by atoms with Crippen LogP contribution in [-0.4, -0.2) is 64.2 Å². The molecule has 2 aromatic carbocycles. The van der Waals surface area contributed by atoms with Crippen LogP contribution in [0.5, 0.6) is 11.5 Å². The number of hydrogen-bond acceptors (Lipinski definition) is 6. The highest BCUT2D eigenvalue weighted by Crippen LogP contribution is 2.34. The van der Waals surface area contributed by atoms with E-state index in [-0.39, 0.29) is 29.9 Å². The van der Waals surface area contributed by atoms with Crippen LogP contribution in [0.15, 0.2) is 36.4 Å². The average molecular weight is 601 g/mol. The van der Waals surface area contributed by atoms with Crippen LogP contribution >= 0.6 is 23.2 Å². The van der Waals surface area contributed by atoms with Crippen LogP contribution in [0.2, 0.25) is 10.0 Å². The van der Waals surface area contributed by atoms with E-state index in [1.807, 2.05) is 0 Å². The molecular formula is C27H35Cl2N3O6S. The van der Waals surface area contributed by atoms with Gasteiger partial charge in [0.15, 0.2) is 0 Å². The van der Waals surface area contributed by atoms with Crippen LogP contribution in [-0.2, 0) is 26.2 Å². The lowest BCUT2D eigenvalue weighted by molar-refractivity contribution is -0.140. The lowest BCUT2D eigenvalue weighted by atomic mass is 10.1. The number of amides is 2. The highest BCUT2D eigenvalue weighted by molar-refractivity contribution is 7.92. The first kappa shape index (κ1) is 30.8. The number of ether oxygens (including phenoxy) is 2. The van der Waals surface area contributed by atoms with Gasteiger partial charge in [0.1, 0.15) is 24.1 Å². The van der Waals surface area contributed by atoms with Crippen molar-refractivity contribution in [3.63, 3.8) is 0 Å². The molecule has 1 aliphatic rings. The number of rotatable bonds is 12. The van der Waals surface area contributed by atoms with E-state index in [1.165, 1.54) is 25.2 Å². The largest absolute Gasteiger partial charge is 0.497 e. The van der Waals surface area contributed by atoms with Crippen molar-refractivity contribution >= 4 is 50.7 Å². The van der Waals surface area contributed by atoms with E-state index in [4.69, 9.17) is 32.7 Å². The summed E-state index contributed by atoms with van der Waals surface area (Å²) in [6.45, 7) is 1.13. The quantitative estimate of drug-likeness (QED) is 0.381. The molecule has 0 heterocycles. The molecule has 9 nitrogen and oxygen atoms in total. The second-order valence-electron chi connectivity index (χ2n) is 9.44. The molecule has 3 rings (SSSR count). The molecule has 39 heavy (non-hydrogen) atoms. The smallest absolute Gasteiger partial charge is 0.244 e. The van der Waals surface area contributed by atoms with Gasteiger partial charge < -0.3 is 19.7 Å². The predicted octanol–water partition coefficient (Wildman–Crippen LogP) is 4.64. The summed E-state index contributed by atoms with van der Waals surface area (Å²) in [4.78, 5) is 28.8. The zero-order valence-electron chi connectivity index (χ0n) is 22.6. The fourth-order valence-corrected chi connectivity index (χ4v) is 6.09. The average Bonchev–Trinajstić information content (AvgIpc) is 3.40. The van der Waals surface area contributed by atoms with Crippen molar-refractivity contribution in [1.29, 1.82) is 0 Å². The van der Waals surface area contributed by atoms with Crippen LogP contribution in [0.3, 0.4) is 0 Å². The van der Waals surface area contributed by atoms with Crippen molar-refractivity contribution in [3.05, 3.63) is 52.0 Å². The zero-order chi connectivity index (χ0) is 28.7. The van der Waals surface area contributed by atoms with Crippen molar-refractivity contribution < 1.29 is 27.5 Å². The Kier molecular flexibility index (Phi) is 10.7. The molecule has 0 radical (unpaired) electrons. The van der Waals surface area contributed by atoms with Crippen LogP contribution < -0.4 is 19.1 Å². The molecular weight excluding hydrogens is 565 g/mol. The van der Waals surface area contributed by atoms with E-state index in [1.54, 1.807) is 37.3 Å². The molecule has 1 N–H and O–H groups in total. The van der Waals surface area contributed by atoms with E-state index in [2.05, 4.69) is 5.32 Å². The Labute approximate surface area is 240 Å². The fourth-order valence-electron chi connectivity index (χ4n) is 4.73. The Hall–Kier alpha value is -2.69. The van der Waals surface area contributed by atoms with Gasteiger partial charge in [0.25, 0.3) is 0 Å². The van der Waals surface area contributed by atoms with Crippen LogP contribution in [0.4, 0.5) is 5.69 Å². The zero-order valence-corrected chi connectivity index (χ0v) is 24.9. The number of carbonyl (C=O) groups is 2. The Bertz CT molecular complexity index is 1260. The molecule has 12 heteroatoms. The van der Waals surface area contributed by atoms with Gasteiger partial charge in [0.05, 0.1) is 26.2 Å². The first-order valence-electron chi connectivity index (χ1n) is 12.7. The number of methoxy groups -OCH3 is 2. The molecule has 0 bridgehead atoms. The second kappa shape index (κ2) is 13.6. The van der Waals surface area contributed by atoms with Crippen LogP contribution in [0.25, 0.3) is 0 Å². The van der Waals surface area contributed by atoms with Gasteiger partial charge in [-0.05, 0) is 43.5 Å². The first-order chi connectivity index (χ1) is 18.5. The summed E-state index contributed by atoms with van der Waals surface area (Å²) >= 11 is 12.9. The fraction of sp³-hybridized carbons (Fsp3) is 0.481. The monoisotopic (exact) mass is 599 g/mol. The van der Waals surface area contributed by atoms with Crippen LogP contribution in [0, 0.1) is 0 Å². The first-order valence-corrected chi connectivity index (χ1v) is 15.3. The van der Waals surface area contributed by atoms with Crippen molar-refractivity contribution in [3.8, 4) is 11.5 Å². The number of carbonyl (C=O) groups excluding carboxylic acids is 2. The maximum atomic E-state index is 14.0. The predicted molar refractivity (Wildman–Crippen MR) is 153 cm³/mol. The summed E-state index contributed by atoms with van der Waals surface area (Å²) in [5, 5.41) is 3.73. The van der Waals surface area contributed by atoms with Gasteiger partial charge in [-0.25, -0.2) is 8.42 Å². The molecule has 2 amide bonds. The van der Waals surface area contributed by atoms with Gasteiger partial charge in [0, 0.05) is 34.3 Å². The summed E-state index contributed by atoms with van der Waals surface area (Å²) < 4.78 is 37.5. The Morgan fingerprint density at radius 3 is 2.26 bits per heavy atom. The molecule has 0 saturated heterocycles. The van der Waals surface area contributed by atoms with Gasteiger partial charge >= 0.3 is 0 Å². The maximum Gasteiger partial charge on any atom is 0.244 e. The summed E-state index contributed by atoms with van der Waals surface area (Å²) in [6, 6.07) is 8.81. The lowest BCUT2D eigenvalue weighted by Crippen LogP contribution is -2.53. The molecule has 1 aliphatic carbocycles. The highest BCUT2D eigenvalue weighted by Gasteiger charge is 2.34. The minimum absolute atomic E-state index is 0.0426. The van der Waals surface area contributed by atoms with Gasteiger partial charge in [-0.3, -0.25) is 13.9 Å². The molecule has 2 aromatic rings. The number of nitrogens with zero attached hydrogens (tertiary/aromatic N) is 2. The Morgan fingerprint density at radius 1 is 1.08 bits per heavy atom. The molecule has 1 fully saturated rings. The van der Waals surface area contributed by atoms with Crippen molar-refractivity contribution in [2.24, 2.45) is 0 Å². The molecule has 0 aromatic heterocycles. The third-order valence-corrected chi connectivity index (χ3v) is 8.65. The summed E-state index contributed by atoms with van der Waals surface area (Å²) in [7, 11) is -1.11. The van der Waals surface area contributed by atoms with E-state index < -0.39 is 28.5 Å².